The summed E-state index contributed by atoms with van der Waals surface area (Å²) < 4.78 is 40.1. The van der Waals surface area contributed by atoms with Crippen molar-refractivity contribution in [1.29, 1.82) is 0 Å². The number of piperazine rings is 1. The van der Waals surface area contributed by atoms with Crippen LogP contribution in [0.2, 0.25) is 5.02 Å². The molecule has 0 bridgehead atoms. The molecule has 1 aromatic carbocycles. The van der Waals surface area contributed by atoms with Gasteiger partial charge in [-0.25, -0.2) is 9.59 Å². The molecule has 1 aliphatic heterocycles. The summed E-state index contributed by atoms with van der Waals surface area (Å²) in [5, 5.41) is 3.41. The number of hydrogen-bond donors (Lipinski definition) is 1. The van der Waals surface area contributed by atoms with Gasteiger partial charge >= 0.3 is 23.4 Å². The van der Waals surface area contributed by atoms with Crippen LogP contribution in [0.5, 0.6) is 0 Å². The molecule has 1 saturated heterocycles. The molecule has 4 rings (SSSR count). The highest BCUT2D eigenvalue weighted by molar-refractivity contribution is 6.32. The molecule has 0 aliphatic carbocycles. The van der Waals surface area contributed by atoms with E-state index in [-0.39, 0.29) is 26.9 Å². The number of aryl methyl sites for hydroxylation is 1. The van der Waals surface area contributed by atoms with Gasteiger partial charge in [-0.3, -0.25) is 13.9 Å². The number of benzene rings is 1. The van der Waals surface area contributed by atoms with E-state index in [1.165, 1.54) is 11.6 Å². The number of imidazole rings is 1. The van der Waals surface area contributed by atoms with Gasteiger partial charge in [0.05, 0.1) is 10.7 Å². The Labute approximate surface area is 182 Å². The van der Waals surface area contributed by atoms with Crippen molar-refractivity contribution in [3.8, 4) is 5.69 Å². The maximum absolute atomic E-state index is 13.1. The summed E-state index contributed by atoms with van der Waals surface area (Å²) in [4.78, 5) is 47.4. The standard InChI is InChI=1S/C18H16ClF3N6O4/c1-25-13-12(14(29)28(17(25)31)32-15(30)18(20,21)22)27(11-5-3-2-4-10(11)19)16(24-13)26-8-6-23-7-9-26/h2-5,23H,6-9H2,1H3. The molecule has 3 heterocycles. The highest BCUT2D eigenvalue weighted by Crippen LogP contribution is 2.29. The van der Waals surface area contributed by atoms with Crippen molar-refractivity contribution in [2.75, 3.05) is 31.1 Å². The number of carbonyl (C=O) groups is 1. The van der Waals surface area contributed by atoms with Gasteiger partial charge in [-0.05, 0) is 12.1 Å². The molecule has 0 saturated carbocycles. The van der Waals surface area contributed by atoms with E-state index < -0.39 is 23.4 Å². The van der Waals surface area contributed by atoms with E-state index in [1.54, 1.807) is 24.3 Å². The number of anilines is 1. The van der Waals surface area contributed by atoms with E-state index in [0.29, 0.717) is 31.9 Å². The number of nitrogens with one attached hydrogen (secondary N) is 1. The number of rotatable bonds is 3. The van der Waals surface area contributed by atoms with Crippen molar-refractivity contribution in [3.05, 3.63) is 50.1 Å². The Kier molecular flexibility index (Phi) is 5.46. The lowest BCUT2D eigenvalue weighted by Gasteiger charge is -2.28. The Morgan fingerprint density at radius 1 is 1.19 bits per heavy atom. The third-order valence-electron chi connectivity index (χ3n) is 4.91. The number of fused-ring (bicyclic) bond motifs is 1. The van der Waals surface area contributed by atoms with Gasteiger partial charge in [0.25, 0.3) is 0 Å². The van der Waals surface area contributed by atoms with E-state index in [9.17, 15) is 27.6 Å². The summed E-state index contributed by atoms with van der Waals surface area (Å²) in [6.45, 7) is 2.27. The van der Waals surface area contributed by atoms with Crippen LogP contribution in [0, 0.1) is 0 Å². The summed E-state index contributed by atoms with van der Waals surface area (Å²) in [6, 6.07) is 6.47. The third-order valence-corrected chi connectivity index (χ3v) is 5.23. The number of hydrogen-bond acceptors (Lipinski definition) is 7. The van der Waals surface area contributed by atoms with Crippen LogP contribution in [-0.4, -0.2) is 57.2 Å². The molecular weight excluding hydrogens is 457 g/mol. The van der Waals surface area contributed by atoms with Crippen LogP contribution in [0.4, 0.5) is 19.1 Å². The summed E-state index contributed by atoms with van der Waals surface area (Å²) in [6.07, 6.45) is -5.41. The smallest absolute Gasteiger partial charge is 0.339 e. The Bertz CT molecular complexity index is 1320. The van der Waals surface area contributed by atoms with Crippen molar-refractivity contribution in [1.82, 2.24) is 24.2 Å². The molecule has 0 unspecified atom stereocenters. The topological polar surface area (TPSA) is 103 Å². The zero-order valence-corrected chi connectivity index (χ0v) is 17.3. The Balaban J connectivity index is 2.05. The molecule has 2 aromatic heterocycles. The second kappa shape index (κ2) is 7.98. The minimum Gasteiger partial charge on any atom is -0.339 e. The Hall–Kier alpha value is -3.32. The van der Waals surface area contributed by atoms with Crippen molar-refractivity contribution in [2.45, 2.75) is 6.18 Å². The van der Waals surface area contributed by atoms with Crippen LogP contribution in [-0.2, 0) is 11.8 Å². The maximum atomic E-state index is 13.1. The van der Waals surface area contributed by atoms with Crippen molar-refractivity contribution < 1.29 is 22.8 Å². The molecule has 3 aromatic rings. The van der Waals surface area contributed by atoms with Gasteiger partial charge < -0.3 is 15.1 Å². The first kappa shape index (κ1) is 21.9. The second-order valence-corrected chi connectivity index (χ2v) is 7.33. The van der Waals surface area contributed by atoms with Crippen LogP contribution in [0.15, 0.2) is 33.9 Å². The number of alkyl halides is 3. The molecule has 0 spiro atoms. The minimum atomic E-state index is -5.41. The number of aromatic nitrogens is 4. The van der Waals surface area contributed by atoms with Crippen LogP contribution < -0.4 is 26.3 Å². The average molecular weight is 473 g/mol. The number of para-hydroxylation sites is 1. The summed E-state index contributed by atoms with van der Waals surface area (Å²) in [7, 11) is 1.20. The molecule has 32 heavy (non-hydrogen) atoms. The van der Waals surface area contributed by atoms with Crippen molar-refractivity contribution >= 4 is 34.7 Å². The summed E-state index contributed by atoms with van der Waals surface area (Å²) >= 11 is 6.34. The zero-order valence-electron chi connectivity index (χ0n) is 16.5. The predicted molar refractivity (Wildman–Crippen MR) is 108 cm³/mol. The van der Waals surface area contributed by atoms with Crippen LogP contribution in [0.1, 0.15) is 0 Å². The van der Waals surface area contributed by atoms with Gasteiger partial charge in [-0.1, -0.05) is 28.5 Å². The van der Waals surface area contributed by atoms with Gasteiger partial charge in [0.15, 0.2) is 11.2 Å². The number of halogens is 4. The molecule has 0 amide bonds. The van der Waals surface area contributed by atoms with Gasteiger partial charge in [0.1, 0.15) is 0 Å². The highest BCUT2D eigenvalue weighted by atomic mass is 35.5. The predicted octanol–water partition coefficient (Wildman–Crippen LogP) is 0.466. The van der Waals surface area contributed by atoms with Crippen LogP contribution >= 0.6 is 11.6 Å². The van der Waals surface area contributed by atoms with Gasteiger partial charge in [0, 0.05) is 33.2 Å². The molecule has 10 nitrogen and oxygen atoms in total. The van der Waals surface area contributed by atoms with Crippen molar-refractivity contribution in [2.24, 2.45) is 7.05 Å². The van der Waals surface area contributed by atoms with E-state index in [2.05, 4.69) is 15.1 Å². The monoisotopic (exact) mass is 472 g/mol. The largest absolute Gasteiger partial charge is 0.493 e. The first-order valence-electron chi connectivity index (χ1n) is 9.36. The normalized spacial score (nSPS) is 14.7. The maximum Gasteiger partial charge on any atom is 0.493 e. The third kappa shape index (κ3) is 3.62. The quantitative estimate of drug-likeness (QED) is 0.591. The van der Waals surface area contributed by atoms with Crippen LogP contribution in [0.3, 0.4) is 0 Å². The molecule has 1 fully saturated rings. The minimum absolute atomic E-state index is 0.104. The lowest BCUT2D eigenvalue weighted by atomic mass is 10.3. The first-order chi connectivity index (χ1) is 15.1. The Morgan fingerprint density at radius 3 is 2.47 bits per heavy atom. The molecule has 1 N–H and O–H groups in total. The van der Waals surface area contributed by atoms with Crippen molar-refractivity contribution in [3.63, 3.8) is 0 Å². The molecule has 14 heteroatoms. The first-order valence-corrected chi connectivity index (χ1v) is 9.73. The lowest BCUT2D eigenvalue weighted by molar-refractivity contribution is -0.200. The fraction of sp³-hybridized carbons (Fsp3) is 0.333. The van der Waals surface area contributed by atoms with E-state index in [0.717, 1.165) is 4.57 Å². The van der Waals surface area contributed by atoms with Gasteiger partial charge in [-0.15, -0.1) is 0 Å². The zero-order chi connectivity index (χ0) is 23.2. The number of nitrogens with zero attached hydrogens (tertiary/aromatic N) is 5. The molecule has 0 atom stereocenters. The SMILES string of the molecule is Cn1c(=O)n(OC(=O)C(F)(F)F)c(=O)c2c1nc(N1CCNCC1)n2-c1ccccc1Cl. The van der Waals surface area contributed by atoms with Crippen LogP contribution in [0.25, 0.3) is 16.9 Å². The van der Waals surface area contributed by atoms with Gasteiger partial charge in [-0.2, -0.15) is 18.2 Å². The Morgan fingerprint density at radius 2 is 1.84 bits per heavy atom. The molecular formula is C18H16ClF3N6O4. The molecule has 170 valence electrons. The second-order valence-electron chi connectivity index (χ2n) is 6.93. The number of carbonyl (C=O) groups excluding carboxylic acids is 1. The van der Waals surface area contributed by atoms with E-state index >= 15 is 0 Å². The molecule has 1 aliphatic rings. The van der Waals surface area contributed by atoms with Gasteiger partial charge in [0.2, 0.25) is 5.95 Å². The lowest BCUT2D eigenvalue weighted by Crippen LogP contribution is -2.48. The fourth-order valence-electron chi connectivity index (χ4n) is 3.39. The molecule has 0 radical (unpaired) electrons. The average Bonchev–Trinajstić information content (AvgIpc) is 3.16. The fourth-order valence-corrected chi connectivity index (χ4v) is 3.61. The van der Waals surface area contributed by atoms with E-state index in [1.807, 2.05) is 4.90 Å². The highest BCUT2D eigenvalue weighted by Gasteiger charge is 2.43. The summed E-state index contributed by atoms with van der Waals surface area (Å²) in [5.74, 6) is -2.44. The van der Waals surface area contributed by atoms with E-state index in [4.69, 9.17) is 11.6 Å². The summed E-state index contributed by atoms with van der Waals surface area (Å²) in [5.41, 5.74) is -2.64.